The van der Waals surface area contributed by atoms with Crippen LogP contribution in [0.3, 0.4) is 0 Å². The summed E-state index contributed by atoms with van der Waals surface area (Å²) in [5.74, 6) is 0.694. The first-order valence-electron chi connectivity index (χ1n) is 6.59. The molecule has 1 aromatic heterocycles. The van der Waals surface area contributed by atoms with Gasteiger partial charge in [0.1, 0.15) is 0 Å². The maximum Gasteiger partial charge on any atom is 0.0764 e. The molecule has 1 atom stereocenters. The zero-order valence-corrected chi connectivity index (χ0v) is 11.2. The molecular weight excluding hydrogens is 212 g/mol. The van der Waals surface area contributed by atoms with Gasteiger partial charge in [0.05, 0.1) is 5.69 Å². The van der Waals surface area contributed by atoms with Crippen LogP contribution in [0.1, 0.15) is 26.0 Å². The molecule has 1 saturated heterocycles. The fraction of sp³-hybridized carbons (Fsp3) is 0.769. The van der Waals surface area contributed by atoms with Gasteiger partial charge in [-0.15, -0.1) is 0 Å². The second-order valence-corrected chi connectivity index (χ2v) is 5.37. The summed E-state index contributed by atoms with van der Waals surface area (Å²) in [4.78, 5) is 2.52. The van der Waals surface area contributed by atoms with Crippen LogP contribution < -0.4 is 5.32 Å². The van der Waals surface area contributed by atoms with Crippen molar-refractivity contribution < 1.29 is 0 Å². The summed E-state index contributed by atoms with van der Waals surface area (Å²) in [5, 5.41) is 8.09. The molecule has 2 heterocycles. The number of aryl methyl sites for hydroxylation is 1. The standard InChI is InChI=1S/C13H24N4/c1-11(2)13-10-17(7-4-6-14-13)9-12-5-8-16(3)15-12/h5,8,11,13-14H,4,6-7,9-10H2,1-3H3. The molecule has 4 nitrogen and oxygen atoms in total. The summed E-state index contributed by atoms with van der Waals surface area (Å²) in [6.45, 7) is 9.01. The van der Waals surface area contributed by atoms with Crippen molar-refractivity contribution in [1.29, 1.82) is 0 Å². The lowest BCUT2D eigenvalue weighted by Crippen LogP contribution is -2.41. The quantitative estimate of drug-likeness (QED) is 0.857. The molecule has 1 unspecified atom stereocenters. The van der Waals surface area contributed by atoms with Crippen molar-refractivity contribution in [3.63, 3.8) is 0 Å². The minimum atomic E-state index is 0.612. The Morgan fingerprint density at radius 1 is 1.53 bits per heavy atom. The Morgan fingerprint density at radius 2 is 2.35 bits per heavy atom. The van der Waals surface area contributed by atoms with Gasteiger partial charge in [-0.1, -0.05) is 13.8 Å². The van der Waals surface area contributed by atoms with Crippen LogP contribution in [0.15, 0.2) is 12.3 Å². The second kappa shape index (κ2) is 5.65. The molecule has 0 aromatic carbocycles. The van der Waals surface area contributed by atoms with E-state index in [4.69, 9.17) is 0 Å². The van der Waals surface area contributed by atoms with Crippen LogP contribution in [0.4, 0.5) is 0 Å². The molecular formula is C13H24N4. The Bertz CT molecular complexity index is 345. The second-order valence-electron chi connectivity index (χ2n) is 5.37. The van der Waals surface area contributed by atoms with Gasteiger partial charge in [0.25, 0.3) is 0 Å². The summed E-state index contributed by atoms with van der Waals surface area (Å²) in [6, 6.07) is 2.73. The molecule has 1 fully saturated rings. The smallest absolute Gasteiger partial charge is 0.0764 e. The molecule has 17 heavy (non-hydrogen) atoms. The molecule has 0 amide bonds. The predicted molar refractivity (Wildman–Crippen MR) is 69.7 cm³/mol. The Balaban J connectivity index is 1.94. The fourth-order valence-corrected chi connectivity index (χ4v) is 2.39. The number of nitrogens with one attached hydrogen (secondary N) is 1. The van der Waals surface area contributed by atoms with Crippen molar-refractivity contribution in [1.82, 2.24) is 20.0 Å². The van der Waals surface area contributed by atoms with Crippen molar-refractivity contribution in [2.75, 3.05) is 19.6 Å². The van der Waals surface area contributed by atoms with Gasteiger partial charge in [0.2, 0.25) is 0 Å². The van der Waals surface area contributed by atoms with E-state index < -0.39 is 0 Å². The first kappa shape index (κ1) is 12.6. The molecule has 2 rings (SSSR count). The van der Waals surface area contributed by atoms with Crippen molar-refractivity contribution in [3.05, 3.63) is 18.0 Å². The van der Waals surface area contributed by atoms with Crippen LogP contribution in [-0.2, 0) is 13.6 Å². The average molecular weight is 236 g/mol. The van der Waals surface area contributed by atoms with Gasteiger partial charge in [-0.05, 0) is 31.5 Å². The molecule has 0 saturated carbocycles. The predicted octanol–water partition coefficient (Wildman–Crippen LogP) is 1.24. The maximum atomic E-state index is 4.46. The summed E-state index contributed by atoms with van der Waals surface area (Å²) in [5.41, 5.74) is 1.18. The highest BCUT2D eigenvalue weighted by molar-refractivity contribution is 4.99. The molecule has 1 aromatic rings. The Morgan fingerprint density at radius 3 is 3.00 bits per heavy atom. The topological polar surface area (TPSA) is 33.1 Å². The third-order valence-corrected chi connectivity index (χ3v) is 3.47. The van der Waals surface area contributed by atoms with Gasteiger partial charge in [0.15, 0.2) is 0 Å². The minimum absolute atomic E-state index is 0.612. The lowest BCUT2D eigenvalue weighted by Gasteiger charge is -2.26. The SMILES string of the molecule is CC(C)C1CN(Cc2ccn(C)n2)CCCN1. The van der Waals surface area contributed by atoms with E-state index in [0.717, 1.165) is 19.6 Å². The van der Waals surface area contributed by atoms with E-state index in [-0.39, 0.29) is 0 Å². The van der Waals surface area contributed by atoms with E-state index in [2.05, 4.69) is 35.2 Å². The number of hydrogen-bond donors (Lipinski definition) is 1. The molecule has 0 bridgehead atoms. The molecule has 0 radical (unpaired) electrons. The van der Waals surface area contributed by atoms with Gasteiger partial charge >= 0.3 is 0 Å². The van der Waals surface area contributed by atoms with Gasteiger partial charge in [-0.25, -0.2) is 0 Å². The lowest BCUT2D eigenvalue weighted by molar-refractivity contribution is 0.235. The Hall–Kier alpha value is -0.870. The Kier molecular flexibility index (Phi) is 4.18. The van der Waals surface area contributed by atoms with Crippen LogP contribution in [0.2, 0.25) is 0 Å². The first-order chi connectivity index (χ1) is 8.15. The van der Waals surface area contributed by atoms with Crippen molar-refractivity contribution in [2.24, 2.45) is 13.0 Å². The number of hydrogen-bond acceptors (Lipinski definition) is 3. The minimum Gasteiger partial charge on any atom is -0.312 e. The zero-order chi connectivity index (χ0) is 12.3. The highest BCUT2D eigenvalue weighted by Crippen LogP contribution is 2.11. The van der Waals surface area contributed by atoms with E-state index in [1.54, 1.807) is 0 Å². The van der Waals surface area contributed by atoms with Crippen LogP contribution in [-0.4, -0.2) is 40.4 Å². The van der Waals surface area contributed by atoms with Gasteiger partial charge < -0.3 is 5.32 Å². The third kappa shape index (κ3) is 3.54. The van der Waals surface area contributed by atoms with Gasteiger partial charge in [0, 0.05) is 32.4 Å². The molecule has 0 spiro atoms. The summed E-state index contributed by atoms with van der Waals surface area (Å²) < 4.78 is 1.88. The molecule has 1 aliphatic heterocycles. The van der Waals surface area contributed by atoms with E-state index >= 15 is 0 Å². The zero-order valence-electron chi connectivity index (χ0n) is 11.2. The highest BCUT2D eigenvalue weighted by Gasteiger charge is 2.20. The number of nitrogens with zero attached hydrogens (tertiary/aromatic N) is 3. The maximum absolute atomic E-state index is 4.46. The third-order valence-electron chi connectivity index (χ3n) is 3.47. The van der Waals surface area contributed by atoms with Crippen molar-refractivity contribution in [2.45, 2.75) is 32.9 Å². The fourth-order valence-electron chi connectivity index (χ4n) is 2.39. The van der Waals surface area contributed by atoms with Crippen LogP contribution in [0.5, 0.6) is 0 Å². The van der Waals surface area contributed by atoms with E-state index in [9.17, 15) is 0 Å². The van der Waals surface area contributed by atoms with Crippen molar-refractivity contribution >= 4 is 0 Å². The van der Waals surface area contributed by atoms with E-state index in [0.29, 0.717) is 12.0 Å². The summed E-state index contributed by atoms with van der Waals surface area (Å²) >= 11 is 0. The molecule has 1 N–H and O–H groups in total. The lowest BCUT2D eigenvalue weighted by atomic mass is 10.0. The van der Waals surface area contributed by atoms with Gasteiger partial charge in [-0.3, -0.25) is 9.58 Å². The Labute approximate surface area is 104 Å². The van der Waals surface area contributed by atoms with E-state index in [1.165, 1.54) is 18.7 Å². The number of aromatic nitrogens is 2. The first-order valence-corrected chi connectivity index (χ1v) is 6.59. The summed E-state index contributed by atoms with van der Waals surface area (Å²) in [7, 11) is 1.98. The van der Waals surface area contributed by atoms with Crippen LogP contribution in [0.25, 0.3) is 0 Å². The van der Waals surface area contributed by atoms with Crippen LogP contribution >= 0.6 is 0 Å². The number of rotatable bonds is 3. The van der Waals surface area contributed by atoms with E-state index in [1.807, 2.05) is 17.9 Å². The van der Waals surface area contributed by atoms with Crippen molar-refractivity contribution in [3.8, 4) is 0 Å². The normalized spacial score (nSPS) is 22.9. The van der Waals surface area contributed by atoms with Gasteiger partial charge in [-0.2, -0.15) is 5.10 Å². The monoisotopic (exact) mass is 236 g/mol. The average Bonchev–Trinajstić information content (AvgIpc) is 2.54. The molecule has 0 aliphatic carbocycles. The molecule has 96 valence electrons. The molecule has 4 heteroatoms. The highest BCUT2D eigenvalue weighted by atomic mass is 15.3. The van der Waals surface area contributed by atoms with Crippen LogP contribution in [0, 0.1) is 5.92 Å². The summed E-state index contributed by atoms with van der Waals surface area (Å²) in [6.07, 6.45) is 3.25. The molecule has 1 aliphatic rings. The largest absolute Gasteiger partial charge is 0.312 e.